The van der Waals surface area contributed by atoms with Gasteiger partial charge < -0.3 is 19.6 Å². The second-order valence-electron chi connectivity index (χ2n) is 10.9. The van der Waals surface area contributed by atoms with E-state index in [-0.39, 0.29) is 11.3 Å². The summed E-state index contributed by atoms with van der Waals surface area (Å²) in [7, 11) is 0. The molecule has 0 atom stereocenters. The van der Waals surface area contributed by atoms with Crippen molar-refractivity contribution in [2.45, 2.75) is 19.3 Å². The van der Waals surface area contributed by atoms with E-state index in [2.05, 4.69) is 33.4 Å². The summed E-state index contributed by atoms with van der Waals surface area (Å²) < 4.78 is 8.74. The number of para-hydroxylation sites is 2. The second kappa shape index (κ2) is 9.89. The molecule has 0 unspecified atom stereocenters. The van der Waals surface area contributed by atoms with Gasteiger partial charge in [0.1, 0.15) is 5.58 Å². The number of nitrogens with zero attached hydrogens (tertiary/aromatic N) is 1. The quantitative estimate of drug-likeness (QED) is 0.223. The van der Waals surface area contributed by atoms with Crippen LogP contribution in [0.25, 0.3) is 53.2 Å². The molecule has 0 spiro atoms. The van der Waals surface area contributed by atoms with Crippen LogP contribution in [0.2, 0.25) is 0 Å². The summed E-state index contributed by atoms with van der Waals surface area (Å²) in [5.41, 5.74) is 4.84. The van der Waals surface area contributed by atoms with E-state index in [0.29, 0.717) is 22.4 Å². The van der Waals surface area contributed by atoms with Crippen LogP contribution in [-0.2, 0) is 0 Å². The molecular formula is C35H27N3O3S. The lowest BCUT2D eigenvalue weighted by molar-refractivity contribution is 0.102. The van der Waals surface area contributed by atoms with Gasteiger partial charge in [-0.15, -0.1) is 11.3 Å². The fourth-order valence-electron chi connectivity index (χ4n) is 6.19. The first kappa shape index (κ1) is 24.9. The number of anilines is 2. The van der Waals surface area contributed by atoms with E-state index in [1.165, 1.54) is 6.42 Å². The lowest BCUT2D eigenvalue weighted by atomic mass is 10.0. The van der Waals surface area contributed by atoms with E-state index in [1.807, 2.05) is 60.7 Å². The lowest BCUT2D eigenvalue weighted by Gasteiger charge is -2.27. The Kier molecular flexibility index (Phi) is 5.86. The summed E-state index contributed by atoms with van der Waals surface area (Å²) in [4.78, 5) is 31.7. The number of carbonyl (C=O) groups is 1. The number of amides is 1. The van der Waals surface area contributed by atoms with Crippen LogP contribution in [0.3, 0.4) is 0 Å². The maximum atomic E-state index is 13.2. The summed E-state index contributed by atoms with van der Waals surface area (Å²) >= 11 is 1.71. The molecule has 3 aromatic heterocycles. The molecule has 0 aliphatic carbocycles. The number of aromatic nitrogens is 1. The van der Waals surface area contributed by atoms with Crippen molar-refractivity contribution >= 4 is 70.9 Å². The number of H-pyrrole nitrogens is 1. The van der Waals surface area contributed by atoms with Crippen molar-refractivity contribution < 1.29 is 9.21 Å². The molecule has 0 saturated carbocycles. The first-order valence-corrected chi connectivity index (χ1v) is 15.1. The number of rotatable bonds is 4. The molecule has 206 valence electrons. The second-order valence-corrected chi connectivity index (χ2v) is 11.9. The van der Waals surface area contributed by atoms with E-state index in [4.69, 9.17) is 4.42 Å². The van der Waals surface area contributed by atoms with Gasteiger partial charge in [0, 0.05) is 73.2 Å². The van der Waals surface area contributed by atoms with Crippen molar-refractivity contribution in [3.05, 3.63) is 107 Å². The molecule has 4 heterocycles. The zero-order valence-electron chi connectivity index (χ0n) is 22.8. The van der Waals surface area contributed by atoms with E-state index >= 15 is 0 Å². The van der Waals surface area contributed by atoms with Crippen LogP contribution < -0.4 is 15.6 Å². The van der Waals surface area contributed by atoms with Gasteiger partial charge in [-0.2, -0.15) is 0 Å². The van der Waals surface area contributed by atoms with Crippen molar-refractivity contribution in [3.63, 3.8) is 0 Å². The molecule has 0 radical (unpaired) electrons. The van der Waals surface area contributed by atoms with Gasteiger partial charge in [0.15, 0.2) is 11.3 Å². The van der Waals surface area contributed by atoms with E-state index in [0.717, 1.165) is 73.8 Å². The molecule has 1 fully saturated rings. The maximum absolute atomic E-state index is 13.2. The third-order valence-electron chi connectivity index (χ3n) is 8.29. The smallest absolute Gasteiger partial charge is 0.257 e. The Morgan fingerprint density at radius 1 is 0.810 bits per heavy atom. The van der Waals surface area contributed by atoms with Gasteiger partial charge in [-0.25, -0.2) is 0 Å². The molecule has 42 heavy (non-hydrogen) atoms. The summed E-state index contributed by atoms with van der Waals surface area (Å²) in [5.74, 6) is 0.501. The first-order valence-electron chi connectivity index (χ1n) is 14.3. The average molecular weight is 570 g/mol. The number of hydrogen-bond acceptors (Lipinski definition) is 5. The van der Waals surface area contributed by atoms with E-state index in [9.17, 15) is 9.59 Å². The Morgan fingerprint density at radius 2 is 1.60 bits per heavy atom. The highest BCUT2D eigenvalue weighted by molar-refractivity contribution is 7.26. The highest BCUT2D eigenvalue weighted by atomic mass is 32.1. The van der Waals surface area contributed by atoms with Crippen molar-refractivity contribution in [3.8, 4) is 11.1 Å². The zero-order valence-corrected chi connectivity index (χ0v) is 23.6. The predicted molar refractivity (Wildman–Crippen MR) is 173 cm³/mol. The first-order chi connectivity index (χ1) is 20.6. The minimum atomic E-state index is -0.151. The number of thiophene rings is 1. The third-order valence-corrected chi connectivity index (χ3v) is 9.51. The Labute approximate surface area is 245 Å². The van der Waals surface area contributed by atoms with Crippen LogP contribution in [-0.4, -0.2) is 24.0 Å². The number of carbonyl (C=O) groups excluding carboxylic acids is 1. The molecule has 7 heteroatoms. The normalized spacial score (nSPS) is 13.9. The van der Waals surface area contributed by atoms with Crippen molar-refractivity contribution in [1.82, 2.24) is 4.98 Å². The average Bonchev–Trinajstić information content (AvgIpc) is 3.63. The number of aromatic amines is 1. The Hall–Kier alpha value is -4.88. The van der Waals surface area contributed by atoms with E-state index < -0.39 is 0 Å². The molecule has 7 aromatic rings. The summed E-state index contributed by atoms with van der Waals surface area (Å²) in [6.45, 7) is 1.81. The van der Waals surface area contributed by atoms with Crippen LogP contribution in [0.1, 0.15) is 29.6 Å². The number of nitrogens with one attached hydrogen (secondary N) is 2. The lowest BCUT2D eigenvalue weighted by Crippen LogP contribution is -2.30. The SMILES string of the molecule is O=C(Nc1ccc2sc3c(-c4cccc5c(=O)cc(N6CCCCC6)oc45)cccc3c2c1)c1c[nH]c2ccccc12. The third kappa shape index (κ3) is 4.08. The zero-order chi connectivity index (χ0) is 28.2. The summed E-state index contributed by atoms with van der Waals surface area (Å²) in [6, 6.07) is 27.6. The molecule has 4 aromatic carbocycles. The summed E-state index contributed by atoms with van der Waals surface area (Å²) in [6.07, 6.45) is 5.18. The topological polar surface area (TPSA) is 78.3 Å². The minimum absolute atomic E-state index is 0.0160. The van der Waals surface area contributed by atoms with Gasteiger partial charge in [-0.05, 0) is 49.6 Å². The Bertz CT molecular complexity index is 2220. The number of benzene rings is 4. The molecule has 2 N–H and O–H groups in total. The maximum Gasteiger partial charge on any atom is 0.257 e. The van der Waals surface area contributed by atoms with Crippen LogP contribution in [0.4, 0.5) is 11.6 Å². The fourth-order valence-corrected chi connectivity index (χ4v) is 7.40. The Morgan fingerprint density at radius 3 is 2.48 bits per heavy atom. The highest BCUT2D eigenvalue weighted by Gasteiger charge is 2.19. The van der Waals surface area contributed by atoms with Crippen molar-refractivity contribution in [1.29, 1.82) is 0 Å². The minimum Gasteiger partial charge on any atom is -0.440 e. The number of piperidine rings is 1. The van der Waals surface area contributed by atoms with Gasteiger partial charge >= 0.3 is 0 Å². The van der Waals surface area contributed by atoms with Crippen LogP contribution in [0.15, 0.2) is 100 Å². The van der Waals surface area contributed by atoms with Gasteiger partial charge in [0.05, 0.1) is 10.9 Å². The molecular weight excluding hydrogens is 542 g/mol. The molecule has 0 bridgehead atoms. The summed E-state index contributed by atoms with van der Waals surface area (Å²) in [5, 5.41) is 6.75. The Balaban J connectivity index is 1.22. The van der Waals surface area contributed by atoms with Crippen molar-refractivity contribution in [2.24, 2.45) is 0 Å². The standard InChI is InChI=1S/C35H27N3O3S/c39-30-19-32(38-16-4-1-5-17-38)41-33-23(9-6-12-26(30)33)24-10-7-11-25-27-18-21(14-15-31(27)42-34(24)25)37-35(40)28-20-36-29-13-3-2-8-22(28)29/h2-3,6-15,18-20,36H,1,4-5,16-17H2,(H,37,40). The van der Waals surface area contributed by atoms with Crippen LogP contribution in [0.5, 0.6) is 0 Å². The van der Waals surface area contributed by atoms with Gasteiger partial charge in [0.2, 0.25) is 0 Å². The number of hydrogen-bond donors (Lipinski definition) is 2. The fraction of sp³-hybridized carbons (Fsp3) is 0.143. The molecule has 1 aliphatic rings. The monoisotopic (exact) mass is 569 g/mol. The largest absolute Gasteiger partial charge is 0.440 e. The predicted octanol–water partition coefficient (Wildman–Crippen LogP) is 8.55. The molecule has 1 aliphatic heterocycles. The van der Waals surface area contributed by atoms with E-state index in [1.54, 1.807) is 23.6 Å². The van der Waals surface area contributed by atoms with Gasteiger partial charge in [-0.1, -0.05) is 48.5 Å². The van der Waals surface area contributed by atoms with Crippen LogP contribution >= 0.6 is 11.3 Å². The van der Waals surface area contributed by atoms with Gasteiger partial charge in [0.25, 0.3) is 5.91 Å². The molecule has 1 amide bonds. The number of fused-ring (bicyclic) bond motifs is 5. The molecule has 8 rings (SSSR count). The highest BCUT2D eigenvalue weighted by Crippen LogP contribution is 2.42. The molecule has 6 nitrogen and oxygen atoms in total. The van der Waals surface area contributed by atoms with Crippen molar-refractivity contribution in [2.75, 3.05) is 23.3 Å². The van der Waals surface area contributed by atoms with Gasteiger partial charge in [-0.3, -0.25) is 9.59 Å². The van der Waals surface area contributed by atoms with Crippen LogP contribution in [0, 0.1) is 0 Å². The molecule has 1 saturated heterocycles.